The summed E-state index contributed by atoms with van der Waals surface area (Å²) in [5.74, 6) is -3.61. The lowest BCUT2D eigenvalue weighted by Gasteiger charge is -2.24. The van der Waals surface area contributed by atoms with Crippen LogP contribution in [0.3, 0.4) is 0 Å². The van der Waals surface area contributed by atoms with E-state index < -0.39 is 39.9 Å². The predicted molar refractivity (Wildman–Crippen MR) is 102 cm³/mol. The number of halogens is 3. The molecule has 0 aliphatic rings. The molecule has 0 radical (unpaired) electrons. The highest BCUT2D eigenvalue weighted by atomic mass is 32.2. The molecular weight excluding hydrogens is 405 g/mol. The van der Waals surface area contributed by atoms with Crippen molar-refractivity contribution in [2.45, 2.75) is 4.90 Å². The van der Waals surface area contributed by atoms with Crippen LogP contribution in [0.5, 0.6) is 0 Å². The van der Waals surface area contributed by atoms with Crippen LogP contribution in [0.15, 0.2) is 77.7 Å². The van der Waals surface area contributed by atoms with Gasteiger partial charge < -0.3 is 5.32 Å². The molecule has 0 fully saturated rings. The minimum absolute atomic E-state index is 0.0268. The van der Waals surface area contributed by atoms with Crippen molar-refractivity contribution in [1.82, 2.24) is 0 Å². The zero-order valence-electron chi connectivity index (χ0n) is 14.8. The number of hydrogen-bond acceptors (Lipinski definition) is 3. The third-order valence-corrected chi connectivity index (χ3v) is 5.72. The molecule has 3 rings (SSSR count). The SMILES string of the molecule is O=C(CN(c1ccccc1)S(=O)(=O)c1ccc(F)cc1)Nc1ccc(F)c(F)c1. The Morgan fingerprint density at radius 3 is 2.14 bits per heavy atom. The lowest BCUT2D eigenvalue weighted by Crippen LogP contribution is -2.38. The minimum Gasteiger partial charge on any atom is -0.324 e. The molecule has 0 spiro atoms. The molecule has 9 heteroatoms. The molecule has 0 atom stereocenters. The molecule has 3 aromatic rings. The molecule has 5 nitrogen and oxygen atoms in total. The summed E-state index contributed by atoms with van der Waals surface area (Å²) in [6, 6.07) is 14.8. The molecule has 0 bridgehead atoms. The average Bonchev–Trinajstić information content (AvgIpc) is 2.70. The Morgan fingerprint density at radius 1 is 0.862 bits per heavy atom. The van der Waals surface area contributed by atoms with Gasteiger partial charge in [-0.1, -0.05) is 18.2 Å². The maximum Gasteiger partial charge on any atom is 0.264 e. The van der Waals surface area contributed by atoms with E-state index in [2.05, 4.69) is 5.32 Å². The van der Waals surface area contributed by atoms with Crippen LogP contribution in [0.2, 0.25) is 0 Å². The Labute approximate surface area is 165 Å². The third kappa shape index (κ3) is 4.75. The third-order valence-electron chi connectivity index (χ3n) is 3.94. The molecular formula is C20H15F3N2O3S. The summed E-state index contributed by atoms with van der Waals surface area (Å²) in [6.07, 6.45) is 0. The molecule has 0 saturated carbocycles. The number of amides is 1. The van der Waals surface area contributed by atoms with E-state index in [1.165, 1.54) is 12.1 Å². The van der Waals surface area contributed by atoms with Gasteiger partial charge in [-0.15, -0.1) is 0 Å². The van der Waals surface area contributed by atoms with Crippen LogP contribution >= 0.6 is 0 Å². The standard InChI is InChI=1S/C20H15F3N2O3S/c21-14-6-9-17(10-7-14)29(27,28)25(16-4-2-1-3-5-16)13-20(26)24-15-8-11-18(22)19(23)12-15/h1-12H,13H2,(H,24,26). The topological polar surface area (TPSA) is 66.5 Å². The first-order chi connectivity index (χ1) is 13.8. The van der Waals surface area contributed by atoms with Gasteiger partial charge in [-0.3, -0.25) is 9.10 Å². The molecule has 29 heavy (non-hydrogen) atoms. The van der Waals surface area contributed by atoms with Crippen molar-refractivity contribution < 1.29 is 26.4 Å². The first-order valence-electron chi connectivity index (χ1n) is 8.35. The van der Waals surface area contributed by atoms with Crippen molar-refractivity contribution in [1.29, 1.82) is 0 Å². The fourth-order valence-electron chi connectivity index (χ4n) is 2.55. The van der Waals surface area contributed by atoms with Gasteiger partial charge in [0.25, 0.3) is 10.0 Å². The fourth-order valence-corrected chi connectivity index (χ4v) is 3.97. The highest BCUT2D eigenvalue weighted by Gasteiger charge is 2.27. The van der Waals surface area contributed by atoms with Crippen molar-refractivity contribution in [3.8, 4) is 0 Å². The van der Waals surface area contributed by atoms with Gasteiger partial charge in [0, 0.05) is 11.8 Å². The molecule has 0 aromatic heterocycles. The van der Waals surface area contributed by atoms with Gasteiger partial charge in [0.15, 0.2) is 11.6 Å². The Hall–Kier alpha value is -3.33. The van der Waals surface area contributed by atoms with Gasteiger partial charge in [0.2, 0.25) is 5.91 Å². The van der Waals surface area contributed by atoms with Crippen molar-refractivity contribution in [3.05, 3.63) is 90.2 Å². The summed E-state index contributed by atoms with van der Waals surface area (Å²) in [7, 11) is -4.20. The summed E-state index contributed by atoms with van der Waals surface area (Å²) >= 11 is 0. The summed E-state index contributed by atoms with van der Waals surface area (Å²) in [5, 5.41) is 2.33. The maximum atomic E-state index is 13.3. The Bertz CT molecular complexity index is 1120. The van der Waals surface area contributed by atoms with Crippen LogP contribution in [0.4, 0.5) is 24.5 Å². The molecule has 0 saturated heterocycles. The largest absolute Gasteiger partial charge is 0.324 e. The van der Waals surface area contributed by atoms with Gasteiger partial charge in [-0.2, -0.15) is 0 Å². The van der Waals surface area contributed by atoms with Crippen LogP contribution in [0.1, 0.15) is 0 Å². The molecule has 3 aromatic carbocycles. The molecule has 1 amide bonds. The molecule has 1 N–H and O–H groups in total. The smallest absolute Gasteiger partial charge is 0.264 e. The number of anilines is 2. The Morgan fingerprint density at radius 2 is 1.52 bits per heavy atom. The highest BCUT2D eigenvalue weighted by Crippen LogP contribution is 2.24. The van der Waals surface area contributed by atoms with Gasteiger partial charge in [0.1, 0.15) is 12.4 Å². The van der Waals surface area contributed by atoms with E-state index >= 15 is 0 Å². The number of carbonyl (C=O) groups excluding carboxylic acids is 1. The fraction of sp³-hybridized carbons (Fsp3) is 0.0500. The summed E-state index contributed by atoms with van der Waals surface area (Å²) in [6.45, 7) is -0.636. The minimum atomic E-state index is -4.20. The Balaban J connectivity index is 1.91. The second-order valence-corrected chi connectivity index (χ2v) is 7.84. The van der Waals surface area contributed by atoms with Gasteiger partial charge in [-0.25, -0.2) is 21.6 Å². The molecule has 0 heterocycles. The summed E-state index contributed by atoms with van der Waals surface area (Å²) in [5.41, 5.74) is 0.179. The normalized spacial score (nSPS) is 11.1. The number of carbonyl (C=O) groups is 1. The first-order valence-corrected chi connectivity index (χ1v) is 9.79. The van der Waals surface area contributed by atoms with E-state index in [0.29, 0.717) is 0 Å². The van der Waals surface area contributed by atoms with E-state index in [0.717, 1.165) is 46.8 Å². The van der Waals surface area contributed by atoms with E-state index in [4.69, 9.17) is 0 Å². The molecule has 0 aliphatic heterocycles. The first kappa shape index (κ1) is 20.4. The summed E-state index contributed by atoms with van der Waals surface area (Å²) in [4.78, 5) is 12.2. The number of hydrogen-bond donors (Lipinski definition) is 1. The number of nitrogens with zero attached hydrogens (tertiary/aromatic N) is 1. The van der Waals surface area contributed by atoms with Crippen LogP contribution < -0.4 is 9.62 Å². The van der Waals surface area contributed by atoms with Crippen LogP contribution in [-0.2, 0) is 14.8 Å². The maximum absolute atomic E-state index is 13.3. The lowest BCUT2D eigenvalue weighted by atomic mass is 10.3. The number of sulfonamides is 1. The van der Waals surface area contributed by atoms with Crippen molar-refractivity contribution >= 4 is 27.3 Å². The average molecular weight is 420 g/mol. The summed E-state index contributed by atoms with van der Waals surface area (Å²) < 4.78 is 66.5. The van der Waals surface area contributed by atoms with Crippen LogP contribution in [0, 0.1) is 17.5 Å². The van der Waals surface area contributed by atoms with Gasteiger partial charge in [-0.05, 0) is 48.5 Å². The number of para-hydroxylation sites is 1. The van der Waals surface area contributed by atoms with Gasteiger partial charge >= 0.3 is 0 Å². The number of nitrogens with one attached hydrogen (secondary N) is 1. The molecule has 0 unspecified atom stereocenters. The second-order valence-electron chi connectivity index (χ2n) is 5.98. The molecule has 0 aliphatic carbocycles. The Kier molecular flexibility index (Phi) is 5.88. The quantitative estimate of drug-likeness (QED) is 0.657. The van der Waals surface area contributed by atoms with Crippen molar-refractivity contribution in [2.24, 2.45) is 0 Å². The molecule has 150 valence electrons. The van der Waals surface area contributed by atoms with Crippen molar-refractivity contribution in [2.75, 3.05) is 16.2 Å². The monoisotopic (exact) mass is 420 g/mol. The zero-order valence-corrected chi connectivity index (χ0v) is 15.7. The van der Waals surface area contributed by atoms with E-state index in [9.17, 15) is 26.4 Å². The zero-order chi connectivity index (χ0) is 21.0. The number of rotatable bonds is 6. The highest BCUT2D eigenvalue weighted by molar-refractivity contribution is 7.92. The van der Waals surface area contributed by atoms with Crippen molar-refractivity contribution in [3.63, 3.8) is 0 Å². The predicted octanol–water partition coefficient (Wildman–Crippen LogP) is 3.94. The van der Waals surface area contributed by atoms with E-state index in [1.807, 2.05) is 0 Å². The van der Waals surface area contributed by atoms with Crippen LogP contribution in [-0.4, -0.2) is 20.9 Å². The second kappa shape index (κ2) is 8.36. The van der Waals surface area contributed by atoms with Gasteiger partial charge in [0.05, 0.1) is 10.6 Å². The van der Waals surface area contributed by atoms with E-state index in [-0.39, 0.29) is 16.3 Å². The number of benzene rings is 3. The van der Waals surface area contributed by atoms with Crippen LogP contribution in [0.25, 0.3) is 0 Å². The lowest BCUT2D eigenvalue weighted by molar-refractivity contribution is -0.114. The van der Waals surface area contributed by atoms with E-state index in [1.54, 1.807) is 18.2 Å².